The van der Waals surface area contributed by atoms with Crippen molar-refractivity contribution in [2.45, 2.75) is 13.8 Å². The van der Waals surface area contributed by atoms with Gasteiger partial charge < -0.3 is 16.0 Å². The second-order valence-corrected chi connectivity index (χ2v) is 4.05. The fraction of sp³-hybridized carbons (Fsp3) is 0.800. The van der Waals surface area contributed by atoms with Crippen molar-refractivity contribution in [3.8, 4) is 0 Å². The van der Waals surface area contributed by atoms with Gasteiger partial charge in [0.15, 0.2) is 5.96 Å². The van der Waals surface area contributed by atoms with Crippen molar-refractivity contribution < 1.29 is 4.79 Å². The number of nitrogens with zero attached hydrogens (tertiary/aromatic N) is 1. The lowest BCUT2D eigenvalue weighted by Crippen LogP contribution is -2.39. The minimum atomic E-state index is -0.0513. The summed E-state index contributed by atoms with van der Waals surface area (Å²) >= 11 is 1.77. The Bertz CT molecular complexity index is 221. The summed E-state index contributed by atoms with van der Waals surface area (Å²) in [5.74, 6) is 1.67. The standard InChI is InChI=1S/C10H22N4OS/c1-4-11-9(15)8-14-10(12-5-2)13-6-7-16-3/h4-8H2,1-3H3,(H,11,15)(H2,12,13,14). The summed E-state index contributed by atoms with van der Waals surface area (Å²) in [6, 6.07) is 0. The van der Waals surface area contributed by atoms with Gasteiger partial charge in [-0.1, -0.05) is 0 Å². The SMILES string of the molecule is CCNC(=O)CN=C(NCC)NCCSC. The van der Waals surface area contributed by atoms with Crippen molar-refractivity contribution in [3.63, 3.8) is 0 Å². The van der Waals surface area contributed by atoms with E-state index in [1.807, 2.05) is 13.8 Å². The molecule has 3 N–H and O–H groups in total. The molecule has 0 saturated heterocycles. The summed E-state index contributed by atoms with van der Waals surface area (Å²) in [5, 5.41) is 8.95. The largest absolute Gasteiger partial charge is 0.357 e. The molecule has 0 bridgehead atoms. The number of carbonyl (C=O) groups is 1. The summed E-state index contributed by atoms with van der Waals surface area (Å²) in [4.78, 5) is 15.4. The fourth-order valence-corrected chi connectivity index (χ4v) is 1.32. The third-order valence-electron chi connectivity index (χ3n) is 1.70. The molecule has 5 nitrogen and oxygen atoms in total. The average molecular weight is 246 g/mol. The van der Waals surface area contributed by atoms with Crippen LogP contribution in [-0.2, 0) is 4.79 Å². The van der Waals surface area contributed by atoms with E-state index in [4.69, 9.17) is 0 Å². The lowest BCUT2D eigenvalue weighted by Gasteiger charge is -2.10. The first-order valence-electron chi connectivity index (χ1n) is 5.52. The number of thioether (sulfide) groups is 1. The monoisotopic (exact) mass is 246 g/mol. The molecule has 16 heavy (non-hydrogen) atoms. The van der Waals surface area contributed by atoms with Crippen molar-refractivity contribution in [2.24, 2.45) is 4.99 Å². The van der Waals surface area contributed by atoms with Crippen LogP contribution in [0.25, 0.3) is 0 Å². The number of guanidine groups is 1. The van der Waals surface area contributed by atoms with Crippen molar-refractivity contribution in [1.82, 2.24) is 16.0 Å². The van der Waals surface area contributed by atoms with Gasteiger partial charge in [0, 0.05) is 25.4 Å². The van der Waals surface area contributed by atoms with E-state index < -0.39 is 0 Å². The highest BCUT2D eigenvalue weighted by Gasteiger charge is 1.99. The molecule has 94 valence electrons. The number of hydrogen-bond donors (Lipinski definition) is 3. The van der Waals surface area contributed by atoms with Gasteiger partial charge in [0.05, 0.1) is 0 Å². The fourth-order valence-electron chi connectivity index (χ4n) is 1.02. The zero-order valence-corrected chi connectivity index (χ0v) is 11.1. The lowest BCUT2D eigenvalue weighted by atomic mass is 10.5. The van der Waals surface area contributed by atoms with E-state index in [1.165, 1.54) is 0 Å². The maximum absolute atomic E-state index is 11.2. The van der Waals surface area contributed by atoms with Crippen LogP contribution in [0.4, 0.5) is 0 Å². The van der Waals surface area contributed by atoms with Gasteiger partial charge in [-0.25, -0.2) is 4.99 Å². The van der Waals surface area contributed by atoms with Crippen LogP contribution in [0, 0.1) is 0 Å². The van der Waals surface area contributed by atoms with Gasteiger partial charge >= 0.3 is 0 Å². The molecular formula is C10H22N4OS. The summed E-state index contributed by atoms with van der Waals surface area (Å²) in [6.45, 7) is 6.34. The molecule has 6 heteroatoms. The molecule has 0 heterocycles. The molecule has 0 aromatic heterocycles. The highest BCUT2D eigenvalue weighted by atomic mass is 32.2. The summed E-state index contributed by atoms with van der Waals surface area (Å²) in [7, 11) is 0. The van der Waals surface area contributed by atoms with Gasteiger partial charge in [-0.15, -0.1) is 0 Å². The van der Waals surface area contributed by atoms with Crippen molar-refractivity contribution in [1.29, 1.82) is 0 Å². The molecule has 0 rings (SSSR count). The quantitative estimate of drug-likeness (QED) is 0.337. The number of likely N-dealkylation sites (N-methyl/N-ethyl adjacent to an activating group) is 1. The van der Waals surface area contributed by atoms with Gasteiger partial charge in [0.2, 0.25) is 5.91 Å². The Balaban J connectivity index is 3.96. The number of carbonyl (C=O) groups excluding carboxylic acids is 1. The van der Waals surface area contributed by atoms with Gasteiger partial charge in [0.1, 0.15) is 6.54 Å². The maximum Gasteiger partial charge on any atom is 0.241 e. The van der Waals surface area contributed by atoms with E-state index in [0.29, 0.717) is 12.5 Å². The van der Waals surface area contributed by atoms with Crippen LogP contribution in [0.3, 0.4) is 0 Å². The Labute approximate surface area is 102 Å². The van der Waals surface area contributed by atoms with Crippen molar-refractivity contribution >= 4 is 23.6 Å². The van der Waals surface area contributed by atoms with Crippen molar-refractivity contribution in [2.75, 3.05) is 38.2 Å². The van der Waals surface area contributed by atoms with Gasteiger partial charge in [-0.2, -0.15) is 11.8 Å². The third-order valence-corrected chi connectivity index (χ3v) is 2.31. The van der Waals surface area contributed by atoms with Crippen LogP contribution < -0.4 is 16.0 Å². The molecule has 0 fully saturated rings. The number of aliphatic imine (C=N–C) groups is 1. The highest BCUT2D eigenvalue weighted by molar-refractivity contribution is 7.98. The Morgan fingerprint density at radius 2 is 1.88 bits per heavy atom. The van der Waals surface area contributed by atoms with E-state index >= 15 is 0 Å². The topological polar surface area (TPSA) is 65.5 Å². The first kappa shape index (κ1) is 15.1. The van der Waals surface area contributed by atoms with E-state index in [-0.39, 0.29) is 12.5 Å². The normalized spacial score (nSPS) is 11.1. The van der Waals surface area contributed by atoms with E-state index in [9.17, 15) is 4.79 Å². The zero-order valence-electron chi connectivity index (χ0n) is 10.3. The van der Waals surface area contributed by atoms with Crippen LogP contribution in [0.5, 0.6) is 0 Å². The molecule has 1 amide bonds. The highest BCUT2D eigenvalue weighted by Crippen LogP contribution is 1.87. The molecule has 0 unspecified atom stereocenters. The number of hydrogen-bond acceptors (Lipinski definition) is 3. The smallest absolute Gasteiger partial charge is 0.241 e. The van der Waals surface area contributed by atoms with E-state index in [2.05, 4.69) is 27.2 Å². The Hall–Kier alpha value is -0.910. The van der Waals surface area contributed by atoms with Gasteiger partial charge in [-0.05, 0) is 20.1 Å². The molecule has 0 aliphatic carbocycles. The first-order valence-corrected chi connectivity index (χ1v) is 6.91. The van der Waals surface area contributed by atoms with Gasteiger partial charge in [0.25, 0.3) is 0 Å². The minimum Gasteiger partial charge on any atom is -0.357 e. The molecule has 0 saturated carbocycles. The Morgan fingerprint density at radius 3 is 2.44 bits per heavy atom. The number of nitrogens with one attached hydrogen (secondary N) is 3. The summed E-state index contributed by atoms with van der Waals surface area (Å²) in [5.41, 5.74) is 0. The van der Waals surface area contributed by atoms with Crippen LogP contribution in [0.15, 0.2) is 4.99 Å². The summed E-state index contributed by atoms with van der Waals surface area (Å²) < 4.78 is 0. The molecule has 0 radical (unpaired) electrons. The third kappa shape index (κ3) is 8.40. The van der Waals surface area contributed by atoms with E-state index in [0.717, 1.165) is 18.8 Å². The second-order valence-electron chi connectivity index (χ2n) is 3.07. The van der Waals surface area contributed by atoms with E-state index in [1.54, 1.807) is 11.8 Å². The maximum atomic E-state index is 11.2. The molecule has 0 aromatic rings. The summed E-state index contributed by atoms with van der Waals surface area (Å²) in [6.07, 6.45) is 2.06. The van der Waals surface area contributed by atoms with Crippen molar-refractivity contribution in [3.05, 3.63) is 0 Å². The van der Waals surface area contributed by atoms with Crippen LogP contribution in [-0.4, -0.2) is 50.1 Å². The Kier molecular flexibility index (Phi) is 10.00. The molecule has 0 aromatic carbocycles. The number of amides is 1. The van der Waals surface area contributed by atoms with Crippen LogP contribution in [0.2, 0.25) is 0 Å². The minimum absolute atomic E-state index is 0.0513. The molecule has 0 aliphatic heterocycles. The Morgan fingerprint density at radius 1 is 1.19 bits per heavy atom. The second kappa shape index (κ2) is 10.6. The number of rotatable bonds is 7. The first-order chi connectivity index (χ1) is 7.74. The molecule has 0 aliphatic rings. The zero-order chi connectivity index (χ0) is 12.2. The predicted molar refractivity (Wildman–Crippen MR) is 71.0 cm³/mol. The lowest BCUT2D eigenvalue weighted by molar-refractivity contribution is -0.119. The predicted octanol–water partition coefficient (Wildman–Crippen LogP) is 0.0406. The van der Waals surface area contributed by atoms with Gasteiger partial charge in [-0.3, -0.25) is 4.79 Å². The molecule has 0 atom stereocenters. The van der Waals surface area contributed by atoms with Crippen LogP contribution in [0.1, 0.15) is 13.8 Å². The van der Waals surface area contributed by atoms with Crippen LogP contribution >= 0.6 is 11.8 Å². The molecular weight excluding hydrogens is 224 g/mol. The molecule has 0 spiro atoms. The average Bonchev–Trinajstić information content (AvgIpc) is 2.26.